The summed E-state index contributed by atoms with van der Waals surface area (Å²) >= 11 is 5.95. The van der Waals surface area contributed by atoms with Crippen molar-refractivity contribution in [2.75, 3.05) is 13.1 Å². The lowest BCUT2D eigenvalue weighted by Gasteiger charge is -2.21. The number of aliphatic carboxylic acids is 1. The molecule has 0 saturated carbocycles. The van der Waals surface area contributed by atoms with Gasteiger partial charge in [-0.05, 0) is 25.1 Å². The third-order valence-electron chi connectivity index (χ3n) is 2.63. The van der Waals surface area contributed by atoms with Gasteiger partial charge in [0.25, 0.3) is 0 Å². The molecule has 0 aliphatic heterocycles. The number of carbonyl (C=O) groups is 1. The van der Waals surface area contributed by atoms with E-state index in [1.807, 2.05) is 11.8 Å². The van der Waals surface area contributed by atoms with Crippen molar-refractivity contribution in [2.45, 2.75) is 26.3 Å². The highest BCUT2D eigenvalue weighted by molar-refractivity contribution is 6.31. The molecule has 1 aromatic rings. The van der Waals surface area contributed by atoms with E-state index in [4.69, 9.17) is 16.7 Å². The summed E-state index contributed by atoms with van der Waals surface area (Å²) in [5, 5.41) is 9.06. The van der Waals surface area contributed by atoms with Crippen molar-refractivity contribution in [1.29, 1.82) is 0 Å². The number of hydrogen-bond donors (Lipinski definition) is 1. The SMILES string of the molecule is CCCN(CCC(=O)O)Cc1c(F)cccc1Cl. The molecule has 0 atom stereocenters. The van der Waals surface area contributed by atoms with Crippen molar-refractivity contribution in [3.05, 3.63) is 34.6 Å². The number of rotatable bonds is 7. The van der Waals surface area contributed by atoms with E-state index in [-0.39, 0.29) is 12.2 Å². The molecule has 0 aliphatic rings. The minimum Gasteiger partial charge on any atom is -0.481 e. The van der Waals surface area contributed by atoms with Crippen LogP contribution in [-0.4, -0.2) is 29.1 Å². The van der Waals surface area contributed by atoms with Crippen LogP contribution >= 0.6 is 11.6 Å². The molecule has 100 valence electrons. The average molecular weight is 274 g/mol. The fourth-order valence-corrected chi connectivity index (χ4v) is 1.97. The highest BCUT2D eigenvalue weighted by atomic mass is 35.5. The maximum absolute atomic E-state index is 13.6. The molecule has 1 rings (SSSR count). The van der Waals surface area contributed by atoms with Crippen LogP contribution in [-0.2, 0) is 11.3 Å². The van der Waals surface area contributed by atoms with Crippen LogP contribution in [0.3, 0.4) is 0 Å². The molecule has 0 radical (unpaired) electrons. The molecule has 3 nitrogen and oxygen atoms in total. The topological polar surface area (TPSA) is 40.5 Å². The van der Waals surface area contributed by atoms with Crippen molar-refractivity contribution in [3.8, 4) is 0 Å². The zero-order valence-electron chi connectivity index (χ0n) is 10.3. The van der Waals surface area contributed by atoms with Crippen LogP contribution in [0.5, 0.6) is 0 Å². The van der Waals surface area contributed by atoms with Crippen molar-refractivity contribution >= 4 is 17.6 Å². The Bertz CT molecular complexity index is 392. The quantitative estimate of drug-likeness (QED) is 0.830. The lowest BCUT2D eigenvalue weighted by molar-refractivity contribution is -0.137. The monoisotopic (exact) mass is 273 g/mol. The van der Waals surface area contributed by atoms with E-state index < -0.39 is 5.97 Å². The molecule has 0 fully saturated rings. The summed E-state index contributed by atoms with van der Waals surface area (Å²) in [6.45, 7) is 3.45. The van der Waals surface area contributed by atoms with Gasteiger partial charge in [0.15, 0.2) is 0 Å². The van der Waals surface area contributed by atoms with E-state index in [0.29, 0.717) is 23.7 Å². The summed E-state index contributed by atoms with van der Waals surface area (Å²) in [4.78, 5) is 12.5. The fourth-order valence-electron chi connectivity index (χ4n) is 1.75. The first-order chi connectivity index (χ1) is 8.54. The smallest absolute Gasteiger partial charge is 0.304 e. The van der Waals surface area contributed by atoms with Gasteiger partial charge in [-0.15, -0.1) is 0 Å². The molecule has 0 spiro atoms. The predicted molar refractivity (Wildman–Crippen MR) is 69.2 cm³/mol. The first kappa shape index (κ1) is 14.9. The lowest BCUT2D eigenvalue weighted by Crippen LogP contribution is -2.27. The highest BCUT2D eigenvalue weighted by Gasteiger charge is 2.13. The number of carboxylic acids is 1. The number of carboxylic acid groups (broad SMARTS) is 1. The molecule has 18 heavy (non-hydrogen) atoms. The Balaban J connectivity index is 2.73. The zero-order valence-corrected chi connectivity index (χ0v) is 11.1. The Morgan fingerprint density at radius 3 is 2.72 bits per heavy atom. The van der Waals surface area contributed by atoms with E-state index in [0.717, 1.165) is 13.0 Å². The van der Waals surface area contributed by atoms with Crippen molar-refractivity contribution in [2.24, 2.45) is 0 Å². The third-order valence-corrected chi connectivity index (χ3v) is 2.98. The normalized spacial score (nSPS) is 10.9. The Labute approximate surface area is 111 Å². The number of hydrogen-bond acceptors (Lipinski definition) is 2. The van der Waals surface area contributed by atoms with E-state index in [1.54, 1.807) is 12.1 Å². The van der Waals surface area contributed by atoms with Crippen LogP contribution in [0.2, 0.25) is 5.02 Å². The van der Waals surface area contributed by atoms with Crippen molar-refractivity contribution in [1.82, 2.24) is 4.90 Å². The molecule has 1 aromatic carbocycles. The summed E-state index contributed by atoms with van der Waals surface area (Å²) in [7, 11) is 0. The summed E-state index contributed by atoms with van der Waals surface area (Å²) in [5.41, 5.74) is 0.429. The van der Waals surface area contributed by atoms with E-state index in [1.165, 1.54) is 6.07 Å². The molecule has 0 amide bonds. The summed E-state index contributed by atoms with van der Waals surface area (Å²) in [5.74, 6) is -1.20. The zero-order chi connectivity index (χ0) is 13.5. The molecular weight excluding hydrogens is 257 g/mol. The fraction of sp³-hybridized carbons (Fsp3) is 0.462. The first-order valence-electron chi connectivity index (χ1n) is 5.91. The molecule has 0 unspecified atom stereocenters. The van der Waals surface area contributed by atoms with Crippen LogP contribution in [0.25, 0.3) is 0 Å². The Hall–Kier alpha value is -1.13. The maximum Gasteiger partial charge on any atom is 0.304 e. The standard InChI is InChI=1S/C13H17ClFNO2/c1-2-7-16(8-6-13(17)18)9-10-11(14)4-3-5-12(10)15/h3-5H,2,6-9H2,1H3,(H,17,18). The maximum atomic E-state index is 13.6. The van der Waals surface area contributed by atoms with E-state index in [2.05, 4.69) is 0 Å². The van der Waals surface area contributed by atoms with E-state index >= 15 is 0 Å². The van der Waals surface area contributed by atoms with Gasteiger partial charge >= 0.3 is 5.97 Å². The van der Waals surface area contributed by atoms with Crippen molar-refractivity contribution < 1.29 is 14.3 Å². The average Bonchev–Trinajstić information content (AvgIpc) is 2.30. The Morgan fingerprint density at radius 2 is 2.17 bits per heavy atom. The van der Waals surface area contributed by atoms with Crippen LogP contribution in [0.4, 0.5) is 4.39 Å². The van der Waals surface area contributed by atoms with Crippen LogP contribution < -0.4 is 0 Å². The van der Waals surface area contributed by atoms with Crippen LogP contribution in [0.1, 0.15) is 25.3 Å². The Morgan fingerprint density at radius 1 is 1.44 bits per heavy atom. The van der Waals surface area contributed by atoms with Gasteiger partial charge in [-0.2, -0.15) is 0 Å². The molecule has 0 heterocycles. The minimum absolute atomic E-state index is 0.0477. The predicted octanol–water partition coefficient (Wildman–Crippen LogP) is 3.17. The number of halogens is 2. The summed E-state index contributed by atoms with van der Waals surface area (Å²) in [6.07, 6.45) is 0.928. The van der Waals surface area contributed by atoms with Gasteiger partial charge in [0.05, 0.1) is 6.42 Å². The molecule has 0 aromatic heterocycles. The van der Waals surface area contributed by atoms with Gasteiger partial charge in [0.2, 0.25) is 0 Å². The van der Waals surface area contributed by atoms with Gasteiger partial charge in [0, 0.05) is 23.7 Å². The second-order valence-electron chi connectivity index (χ2n) is 4.12. The first-order valence-corrected chi connectivity index (χ1v) is 6.29. The van der Waals surface area contributed by atoms with Gasteiger partial charge in [-0.3, -0.25) is 9.69 Å². The number of nitrogens with zero attached hydrogens (tertiary/aromatic N) is 1. The second-order valence-corrected chi connectivity index (χ2v) is 4.53. The van der Waals surface area contributed by atoms with Gasteiger partial charge in [-0.1, -0.05) is 24.6 Å². The molecule has 1 N–H and O–H groups in total. The molecule has 0 bridgehead atoms. The van der Waals surface area contributed by atoms with E-state index in [9.17, 15) is 9.18 Å². The second kappa shape index (κ2) is 7.34. The molecule has 0 saturated heterocycles. The summed E-state index contributed by atoms with van der Waals surface area (Å²) < 4.78 is 13.6. The minimum atomic E-state index is -0.851. The summed E-state index contributed by atoms with van der Waals surface area (Å²) in [6, 6.07) is 4.56. The largest absolute Gasteiger partial charge is 0.481 e. The Kier molecular flexibility index (Phi) is 6.09. The van der Waals surface area contributed by atoms with Gasteiger partial charge < -0.3 is 5.11 Å². The number of benzene rings is 1. The van der Waals surface area contributed by atoms with Crippen LogP contribution in [0, 0.1) is 5.82 Å². The van der Waals surface area contributed by atoms with Crippen molar-refractivity contribution in [3.63, 3.8) is 0 Å². The highest BCUT2D eigenvalue weighted by Crippen LogP contribution is 2.20. The third kappa shape index (κ3) is 4.63. The van der Waals surface area contributed by atoms with Crippen LogP contribution in [0.15, 0.2) is 18.2 Å². The molecule has 0 aliphatic carbocycles. The van der Waals surface area contributed by atoms with Gasteiger partial charge in [0.1, 0.15) is 5.82 Å². The van der Waals surface area contributed by atoms with Gasteiger partial charge in [-0.25, -0.2) is 4.39 Å². The molecular formula is C13H17ClFNO2. The lowest BCUT2D eigenvalue weighted by atomic mass is 10.2. The molecule has 5 heteroatoms.